The van der Waals surface area contributed by atoms with E-state index in [0.29, 0.717) is 12.2 Å². The number of benzene rings is 2. The summed E-state index contributed by atoms with van der Waals surface area (Å²) in [5.41, 5.74) is 2.63. The van der Waals surface area contributed by atoms with E-state index in [1.165, 1.54) is 44.9 Å². The summed E-state index contributed by atoms with van der Waals surface area (Å²) in [6.07, 6.45) is 11.6. The number of hydrogen-bond donors (Lipinski definition) is 2. The van der Waals surface area contributed by atoms with Crippen LogP contribution in [-0.2, 0) is 6.54 Å². The molecule has 31 heavy (non-hydrogen) atoms. The van der Waals surface area contributed by atoms with Crippen LogP contribution in [0.5, 0.6) is 5.75 Å². The number of nitrogens with zero attached hydrogens (tertiary/aromatic N) is 1. The van der Waals surface area contributed by atoms with Crippen LogP contribution < -0.4 is 5.32 Å². The molecule has 0 bridgehead atoms. The molecule has 2 aromatic rings. The highest BCUT2D eigenvalue weighted by molar-refractivity contribution is 5.91. The molecule has 2 amide bonds. The van der Waals surface area contributed by atoms with Crippen LogP contribution in [-0.4, -0.2) is 22.1 Å². The predicted molar refractivity (Wildman–Crippen MR) is 126 cm³/mol. The Bertz CT molecular complexity index is 853. The average Bonchev–Trinajstić information content (AvgIpc) is 2.81. The van der Waals surface area contributed by atoms with Crippen LogP contribution in [0.2, 0.25) is 0 Å². The second-order valence-corrected chi connectivity index (χ2v) is 9.53. The number of nitrogens with one attached hydrogen (secondary N) is 1. The van der Waals surface area contributed by atoms with Gasteiger partial charge in [0.25, 0.3) is 0 Å². The van der Waals surface area contributed by atoms with Crippen molar-refractivity contribution in [2.45, 2.75) is 77.3 Å². The lowest BCUT2D eigenvalue weighted by atomic mass is 9.72. The summed E-state index contributed by atoms with van der Waals surface area (Å²) in [6, 6.07) is 15.7. The van der Waals surface area contributed by atoms with Crippen molar-refractivity contribution in [1.29, 1.82) is 0 Å². The summed E-state index contributed by atoms with van der Waals surface area (Å²) in [6.45, 7) is 2.56. The third-order valence-corrected chi connectivity index (χ3v) is 7.35. The Hall–Kier alpha value is -2.49. The van der Waals surface area contributed by atoms with Gasteiger partial charge >= 0.3 is 6.03 Å². The van der Waals surface area contributed by atoms with Crippen molar-refractivity contribution < 1.29 is 9.90 Å². The lowest BCUT2D eigenvalue weighted by molar-refractivity contribution is 0.120. The van der Waals surface area contributed by atoms with Crippen LogP contribution in [0.4, 0.5) is 10.5 Å². The minimum atomic E-state index is -0.120. The third kappa shape index (κ3) is 5.61. The van der Waals surface area contributed by atoms with Gasteiger partial charge in [-0.3, -0.25) is 0 Å². The summed E-state index contributed by atoms with van der Waals surface area (Å²) < 4.78 is 0. The smallest absolute Gasteiger partial charge is 0.322 e. The van der Waals surface area contributed by atoms with E-state index < -0.39 is 0 Å². The Kier molecular flexibility index (Phi) is 7.16. The van der Waals surface area contributed by atoms with Crippen LogP contribution in [0.25, 0.3) is 0 Å². The number of aromatic hydroxyl groups is 1. The molecule has 4 nitrogen and oxygen atoms in total. The molecule has 2 saturated carbocycles. The molecule has 0 spiro atoms. The number of urea groups is 1. The summed E-state index contributed by atoms with van der Waals surface area (Å²) >= 11 is 0. The van der Waals surface area contributed by atoms with E-state index in [4.69, 9.17) is 0 Å². The number of phenols is 1. The van der Waals surface area contributed by atoms with E-state index in [2.05, 4.69) is 17.4 Å². The highest BCUT2D eigenvalue weighted by atomic mass is 16.3. The van der Waals surface area contributed by atoms with Crippen molar-refractivity contribution in [2.75, 3.05) is 5.32 Å². The zero-order valence-electron chi connectivity index (χ0n) is 18.7. The van der Waals surface area contributed by atoms with Crippen LogP contribution in [0.1, 0.15) is 68.9 Å². The minimum absolute atomic E-state index is 0.111. The molecule has 0 radical (unpaired) electrons. The molecular weight excluding hydrogens is 384 g/mol. The largest absolute Gasteiger partial charge is 0.506 e. The number of carbonyl (C=O) groups excluding carboxylic acids is 1. The average molecular weight is 421 g/mol. The van der Waals surface area contributed by atoms with Gasteiger partial charge in [0.1, 0.15) is 5.75 Å². The summed E-state index contributed by atoms with van der Waals surface area (Å²) in [4.78, 5) is 15.4. The molecular formula is C27H36N2O2. The highest BCUT2D eigenvalue weighted by Gasteiger charge is 2.33. The minimum Gasteiger partial charge on any atom is -0.506 e. The molecule has 0 heterocycles. The maximum atomic E-state index is 13.4. The molecule has 0 aliphatic heterocycles. The third-order valence-electron chi connectivity index (χ3n) is 7.35. The van der Waals surface area contributed by atoms with E-state index in [1.807, 2.05) is 42.2 Å². The molecule has 0 atom stereocenters. The fraction of sp³-hybridized carbons (Fsp3) is 0.519. The first-order chi connectivity index (χ1) is 15.1. The number of amides is 2. The Morgan fingerprint density at radius 3 is 2.32 bits per heavy atom. The number of phenolic OH excluding ortho intramolecular Hbond substituents is 1. The van der Waals surface area contributed by atoms with Crippen molar-refractivity contribution in [3.8, 4) is 5.75 Å². The van der Waals surface area contributed by atoms with Crippen molar-refractivity contribution in [2.24, 2.45) is 11.8 Å². The fourth-order valence-electron chi connectivity index (χ4n) is 5.57. The standard InChI is InChI=1S/C27H36N2O2/c1-20-12-17-26(30)25(18-20)28-27(31)29(19-21-8-4-2-5-9-21)24-15-13-23(14-16-24)22-10-6-3-7-11-22/h2,4-5,8-9,12,17-18,22-24,30H,3,6-7,10-11,13-16,19H2,1H3,(H,28,31). The maximum Gasteiger partial charge on any atom is 0.322 e. The fourth-order valence-corrected chi connectivity index (χ4v) is 5.57. The Labute approximate surface area is 186 Å². The Morgan fingerprint density at radius 1 is 0.935 bits per heavy atom. The molecule has 0 unspecified atom stereocenters. The highest BCUT2D eigenvalue weighted by Crippen LogP contribution is 2.39. The van der Waals surface area contributed by atoms with Gasteiger partial charge in [-0.2, -0.15) is 0 Å². The van der Waals surface area contributed by atoms with Crippen molar-refractivity contribution in [1.82, 2.24) is 4.90 Å². The summed E-state index contributed by atoms with van der Waals surface area (Å²) in [7, 11) is 0. The zero-order chi connectivity index (χ0) is 21.6. The molecule has 2 fully saturated rings. The Morgan fingerprint density at radius 2 is 1.61 bits per heavy atom. The van der Waals surface area contributed by atoms with Crippen molar-refractivity contribution >= 4 is 11.7 Å². The molecule has 2 aliphatic carbocycles. The number of carbonyl (C=O) groups is 1. The SMILES string of the molecule is Cc1ccc(O)c(NC(=O)N(Cc2ccccc2)C2CCC(C3CCCCC3)CC2)c1. The quantitative estimate of drug-likeness (QED) is 0.518. The predicted octanol–water partition coefficient (Wildman–Crippen LogP) is 6.87. The van der Waals surface area contributed by atoms with Gasteiger partial charge in [0.2, 0.25) is 0 Å². The van der Waals surface area contributed by atoms with Gasteiger partial charge in [-0.25, -0.2) is 4.79 Å². The van der Waals surface area contributed by atoms with E-state index in [0.717, 1.165) is 35.8 Å². The van der Waals surface area contributed by atoms with Gasteiger partial charge in [-0.15, -0.1) is 0 Å². The zero-order valence-corrected chi connectivity index (χ0v) is 18.7. The van der Waals surface area contributed by atoms with Crippen LogP contribution in [0, 0.1) is 18.8 Å². The molecule has 166 valence electrons. The number of hydrogen-bond acceptors (Lipinski definition) is 2. The first-order valence-corrected chi connectivity index (χ1v) is 12.0. The molecule has 2 aliphatic rings. The molecule has 4 rings (SSSR count). The maximum absolute atomic E-state index is 13.4. The van der Waals surface area contributed by atoms with Crippen LogP contribution in [0.15, 0.2) is 48.5 Å². The van der Waals surface area contributed by atoms with E-state index >= 15 is 0 Å². The molecule has 0 aromatic heterocycles. The van der Waals surface area contributed by atoms with Gasteiger partial charge < -0.3 is 15.3 Å². The van der Waals surface area contributed by atoms with Gasteiger partial charge in [0.05, 0.1) is 5.69 Å². The van der Waals surface area contributed by atoms with E-state index in [-0.39, 0.29) is 17.8 Å². The first kappa shape index (κ1) is 21.7. The van der Waals surface area contributed by atoms with Crippen molar-refractivity contribution in [3.05, 3.63) is 59.7 Å². The van der Waals surface area contributed by atoms with Crippen LogP contribution in [0.3, 0.4) is 0 Å². The first-order valence-electron chi connectivity index (χ1n) is 12.0. The number of rotatable bonds is 5. The monoisotopic (exact) mass is 420 g/mol. The topological polar surface area (TPSA) is 52.6 Å². The lowest BCUT2D eigenvalue weighted by Gasteiger charge is -2.40. The van der Waals surface area contributed by atoms with Crippen LogP contribution >= 0.6 is 0 Å². The second-order valence-electron chi connectivity index (χ2n) is 9.53. The van der Waals surface area contributed by atoms with E-state index in [1.54, 1.807) is 6.07 Å². The van der Waals surface area contributed by atoms with Gasteiger partial charge in [0, 0.05) is 12.6 Å². The molecule has 2 aromatic carbocycles. The van der Waals surface area contributed by atoms with Crippen molar-refractivity contribution in [3.63, 3.8) is 0 Å². The normalized spacial score (nSPS) is 22.1. The summed E-state index contributed by atoms with van der Waals surface area (Å²) in [5.74, 6) is 1.84. The molecule has 0 saturated heterocycles. The Balaban J connectivity index is 1.46. The van der Waals surface area contributed by atoms with E-state index in [9.17, 15) is 9.90 Å². The van der Waals surface area contributed by atoms with Gasteiger partial charge in [0.15, 0.2) is 0 Å². The number of anilines is 1. The second kappa shape index (κ2) is 10.2. The summed E-state index contributed by atoms with van der Waals surface area (Å²) in [5, 5.41) is 13.2. The van der Waals surface area contributed by atoms with Gasteiger partial charge in [-0.1, -0.05) is 68.5 Å². The lowest BCUT2D eigenvalue weighted by Crippen LogP contribution is -2.44. The molecule has 4 heteroatoms. The van der Waals surface area contributed by atoms with Gasteiger partial charge in [-0.05, 0) is 67.7 Å². The number of aryl methyl sites for hydroxylation is 1. The molecule has 2 N–H and O–H groups in total.